The Labute approximate surface area is 120 Å². The first-order valence-electron chi connectivity index (χ1n) is 7.86. The van der Waals surface area contributed by atoms with Gasteiger partial charge in [-0.25, -0.2) is 0 Å². The average Bonchev–Trinajstić information content (AvgIpc) is 2.71. The van der Waals surface area contributed by atoms with Crippen LogP contribution in [0.25, 0.3) is 0 Å². The lowest BCUT2D eigenvalue weighted by molar-refractivity contribution is -0.139. The lowest BCUT2D eigenvalue weighted by Gasteiger charge is -2.29. The molecule has 3 aliphatic heterocycles. The molecule has 0 bridgehead atoms. The van der Waals surface area contributed by atoms with Crippen LogP contribution in [-0.4, -0.2) is 49.6 Å². The monoisotopic (exact) mass is 280 g/mol. The minimum Gasteiger partial charge on any atom is -0.381 e. The molecular weight excluding hydrogens is 256 g/mol. The molecule has 0 radical (unpaired) electrons. The third kappa shape index (κ3) is 2.55. The van der Waals surface area contributed by atoms with Gasteiger partial charge in [-0.15, -0.1) is 0 Å². The maximum absolute atomic E-state index is 12.6. The summed E-state index contributed by atoms with van der Waals surface area (Å²) in [6.07, 6.45) is 5.33. The third-order valence-corrected chi connectivity index (χ3v) is 5.20. The van der Waals surface area contributed by atoms with E-state index >= 15 is 0 Å². The van der Waals surface area contributed by atoms with Crippen LogP contribution in [0.2, 0.25) is 0 Å². The standard InChI is InChI=1S/C15H24N2O3/c18-13(12-2-10-20-11-3-12)17-8-1-4-15(6-9-17)5-7-16-14(15)19/h12H,1-11H2,(H,16,19)/t15-/m0/s1. The zero-order valence-corrected chi connectivity index (χ0v) is 12.0. The summed E-state index contributed by atoms with van der Waals surface area (Å²) >= 11 is 0. The van der Waals surface area contributed by atoms with Crippen molar-refractivity contribution in [1.82, 2.24) is 10.2 Å². The Bertz CT molecular complexity index is 393. The normalized spacial score (nSPS) is 32.2. The Morgan fingerprint density at radius 1 is 1.20 bits per heavy atom. The van der Waals surface area contributed by atoms with Gasteiger partial charge in [0.1, 0.15) is 0 Å². The molecule has 0 aromatic heterocycles. The van der Waals surface area contributed by atoms with E-state index in [1.807, 2.05) is 4.90 Å². The minimum absolute atomic E-state index is 0.134. The van der Waals surface area contributed by atoms with Crippen LogP contribution >= 0.6 is 0 Å². The Morgan fingerprint density at radius 3 is 2.70 bits per heavy atom. The molecular formula is C15H24N2O3. The van der Waals surface area contributed by atoms with Gasteiger partial charge in [0.05, 0.1) is 5.41 Å². The van der Waals surface area contributed by atoms with Gasteiger partial charge in [0.25, 0.3) is 0 Å². The van der Waals surface area contributed by atoms with E-state index in [1.54, 1.807) is 0 Å². The summed E-state index contributed by atoms with van der Waals surface area (Å²) in [6, 6.07) is 0. The second-order valence-electron chi connectivity index (χ2n) is 6.35. The molecule has 0 unspecified atom stereocenters. The fourth-order valence-electron chi connectivity index (χ4n) is 3.81. The number of amides is 2. The van der Waals surface area contributed by atoms with E-state index in [0.717, 1.165) is 58.2 Å². The Balaban J connectivity index is 1.62. The lowest BCUT2D eigenvalue weighted by Crippen LogP contribution is -2.40. The molecule has 20 heavy (non-hydrogen) atoms. The van der Waals surface area contributed by atoms with Crippen LogP contribution < -0.4 is 5.32 Å². The molecule has 3 heterocycles. The molecule has 5 nitrogen and oxygen atoms in total. The molecule has 3 fully saturated rings. The van der Waals surface area contributed by atoms with Crippen molar-refractivity contribution in [3.8, 4) is 0 Å². The summed E-state index contributed by atoms with van der Waals surface area (Å²) in [5.74, 6) is 0.622. The molecule has 112 valence electrons. The first-order chi connectivity index (χ1) is 9.71. The lowest BCUT2D eigenvalue weighted by atomic mass is 9.79. The largest absolute Gasteiger partial charge is 0.381 e. The van der Waals surface area contributed by atoms with Crippen LogP contribution in [0.4, 0.5) is 0 Å². The van der Waals surface area contributed by atoms with Crippen molar-refractivity contribution in [2.75, 3.05) is 32.8 Å². The number of hydrogen-bond acceptors (Lipinski definition) is 3. The summed E-state index contributed by atoms with van der Waals surface area (Å²) in [4.78, 5) is 26.6. The number of ether oxygens (including phenoxy) is 1. The Kier molecular flexibility index (Phi) is 3.96. The predicted octanol–water partition coefficient (Wildman–Crippen LogP) is 0.932. The number of carbonyl (C=O) groups excluding carboxylic acids is 2. The van der Waals surface area contributed by atoms with Crippen LogP contribution in [0, 0.1) is 11.3 Å². The van der Waals surface area contributed by atoms with Crippen molar-refractivity contribution >= 4 is 11.8 Å². The number of carbonyl (C=O) groups is 2. The zero-order chi connectivity index (χ0) is 14.0. The SMILES string of the molecule is O=C(C1CCOCC1)N1CCC[C@]2(CCNC2=O)CC1. The van der Waals surface area contributed by atoms with Crippen LogP contribution in [0.3, 0.4) is 0 Å². The van der Waals surface area contributed by atoms with E-state index < -0.39 is 0 Å². The van der Waals surface area contributed by atoms with Gasteiger partial charge in [0.15, 0.2) is 0 Å². The molecule has 0 aromatic rings. The van der Waals surface area contributed by atoms with Crippen LogP contribution in [0.5, 0.6) is 0 Å². The van der Waals surface area contributed by atoms with Crippen LogP contribution in [0.15, 0.2) is 0 Å². The predicted molar refractivity (Wildman–Crippen MR) is 74.0 cm³/mol. The molecule has 0 aromatic carbocycles. The molecule has 1 atom stereocenters. The van der Waals surface area contributed by atoms with Gasteiger partial charge in [-0.3, -0.25) is 9.59 Å². The minimum atomic E-state index is -0.190. The van der Waals surface area contributed by atoms with E-state index in [-0.39, 0.29) is 23.1 Å². The highest BCUT2D eigenvalue weighted by Crippen LogP contribution is 2.38. The van der Waals surface area contributed by atoms with Crippen molar-refractivity contribution in [3.05, 3.63) is 0 Å². The molecule has 3 aliphatic rings. The highest BCUT2D eigenvalue weighted by Gasteiger charge is 2.43. The maximum Gasteiger partial charge on any atom is 0.226 e. The quantitative estimate of drug-likeness (QED) is 0.777. The summed E-state index contributed by atoms with van der Waals surface area (Å²) < 4.78 is 5.33. The summed E-state index contributed by atoms with van der Waals surface area (Å²) in [5.41, 5.74) is -0.190. The van der Waals surface area contributed by atoms with E-state index in [0.29, 0.717) is 13.2 Å². The Hall–Kier alpha value is -1.10. The van der Waals surface area contributed by atoms with Crippen molar-refractivity contribution in [1.29, 1.82) is 0 Å². The van der Waals surface area contributed by atoms with Crippen molar-refractivity contribution < 1.29 is 14.3 Å². The van der Waals surface area contributed by atoms with Gasteiger partial charge < -0.3 is 15.0 Å². The smallest absolute Gasteiger partial charge is 0.226 e. The van der Waals surface area contributed by atoms with Gasteiger partial charge >= 0.3 is 0 Å². The highest BCUT2D eigenvalue weighted by molar-refractivity contribution is 5.85. The van der Waals surface area contributed by atoms with Crippen LogP contribution in [0.1, 0.15) is 38.5 Å². The van der Waals surface area contributed by atoms with Gasteiger partial charge in [0, 0.05) is 38.8 Å². The number of nitrogens with zero attached hydrogens (tertiary/aromatic N) is 1. The van der Waals surface area contributed by atoms with E-state index in [4.69, 9.17) is 4.74 Å². The first kappa shape index (κ1) is 13.9. The molecule has 0 saturated carbocycles. The van der Waals surface area contributed by atoms with Crippen molar-refractivity contribution in [3.63, 3.8) is 0 Å². The van der Waals surface area contributed by atoms with Crippen LogP contribution in [-0.2, 0) is 14.3 Å². The van der Waals surface area contributed by atoms with Crippen molar-refractivity contribution in [2.45, 2.75) is 38.5 Å². The van der Waals surface area contributed by atoms with Gasteiger partial charge in [-0.1, -0.05) is 0 Å². The number of nitrogens with one attached hydrogen (secondary N) is 1. The number of rotatable bonds is 1. The van der Waals surface area contributed by atoms with Gasteiger partial charge in [-0.2, -0.15) is 0 Å². The summed E-state index contributed by atoms with van der Waals surface area (Å²) in [6.45, 7) is 3.76. The fraction of sp³-hybridized carbons (Fsp3) is 0.867. The topological polar surface area (TPSA) is 58.6 Å². The molecule has 0 aliphatic carbocycles. The average molecular weight is 280 g/mol. The molecule has 2 amide bonds. The molecule has 5 heteroatoms. The number of likely N-dealkylation sites (tertiary alicyclic amines) is 1. The van der Waals surface area contributed by atoms with Gasteiger partial charge in [0.2, 0.25) is 11.8 Å². The summed E-state index contributed by atoms with van der Waals surface area (Å²) in [5, 5.41) is 2.96. The van der Waals surface area contributed by atoms with E-state index in [2.05, 4.69) is 5.32 Å². The van der Waals surface area contributed by atoms with E-state index in [1.165, 1.54) is 0 Å². The van der Waals surface area contributed by atoms with E-state index in [9.17, 15) is 9.59 Å². The fourth-order valence-corrected chi connectivity index (χ4v) is 3.81. The van der Waals surface area contributed by atoms with Crippen molar-refractivity contribution in [2.24, 2.45) is 11.3 Å². The molecule has 1 N–H and O–H groups in total. The molecule has 3 rings (SSSR count). The summed E-state index contributed by atoms with van der Waals surface area (Å²) in [7, 11) is 0. The third-order valence-electron chi connectivity index (χ3n) is 5.20. The second-order valence-corrected chi connectivity index (χ2v) is 6.35. The maximum atomic E-state index is 12.6. The molecule has 1 spiro atoms. The zero-order valence-electron chi connectivity index (χ0n) is 12.0. The molecule has 3 saturated heterocycles. The highest BCUT2D eigenvalue weighted by atomic mass is 16.5. The second kappa shape index (κ2) is 5.72. The van der Waals surface area contributed by atoms with Gasteiger partial charge in [-0.05, 0) is 38.5 Å². The number of hydrogen-bond donors (Lipinski definition) is 1. The first-order valence-corrected chi connectivity index (χ1v) is 7.86. The Morgan fingerprint density at radius 2 is 2.00 bits per heavy atom.